The molecule has 0 amide bonds. The first kappa shape index (κ1) is 14.5. The smallest absolute Gasteiger partial charge is 0.131 e. The molecule has 2 aromatic rings. The fourth-order valence-corrected chi connectivity index (χ4v) is 2.03. The van der Waals surface area contributed by atoms with Gasteiger partial charge in [0, 0.05) is 17.8 Å². The van der Waals surface area contributed by atoms with Crippen LogP contribution < -0.4 is 5.32 Å². The van der Waals surface area contributed by atoms with Crippen molar-refractivity contribution in [3.8, 4) is 0 Å². The van der Waals surface area contributed by atoms with Crippen LogP contribution in [-0.4, -0.2) is 16.5 Å². The van der Waals surface area contributed by atoms with Gasteiger partial charge in [-0.25, -0.2) is 18.7 Å². The van der Waals surface area contributed by atoms with E-state index in [4.69, 9.17) is 0 Å². The molecule has 0 spiro atoms. The minimum atomic E-state index is -0.584. The molecule has 3 nitrogen and oxygen atoms in total. The Morgan fingerprint density at radius 3 is 2.70 bits per heavy atom. The molecule has 1 heterocycles. The quantitative estimate of drug-likeness (QED) is 0.912. The zero-order valence-electron chi connectivity index (χ0n) is 11.5. The first-order valence-electron chi connectivity index (χ1n) is 6.59. The predicted molar refractivity (Wildman–Crippen MR) is 73.3 cm³/mol. The highest BCUT2D eigenvalue weighted by Gasteiger charge is 2.19. The van der Waals surface area contributed by atoms with Crippen molar-refractivity contribution in [2.45, 2.75) is 26.3 Å². The van der Waals surface area contributed by atoms with Crippen LogP contribution in [0.1, 0.15) is 36.5 Å². The van der Waals surface area contributed by atoms with Gasteiger partial charge in [-0.05, 0) is 32.0 Å². The van der Waals surface area contributed by atoms with E-state index in [2.05, 4.69) is 15.3 Å². The Kier molecular flexibility index (Phi) is 4.74. The molecule has 1 N–H and O–H groups in total. The van der Waals surface area contributed by atoms with Gasteiger partial charge in [-0.15, -0.1) is 0 Å². The highest BCUT2D eigenvalue weighted by atomic mass is 19.1. The van der Waals surface area contributed by atoms with Crippen molar-refractivity contribution in [1.29, 1.82) is 0 Å². The summed E-state index contributed by atoms with van der Waals surface area (Å²) in [4.78, 5) is 8.37. The third-order valence-corrected chi connectivity index (χ3v) is 2.97. The Morgan fingerprint density at radius 2 is 2.05 bits per heavy atom. The van der Waals surface area contributed by atoms with E-state index >= 15 is 0 Å². The molecule has 1 atom stereocenters. The van der Waals surface area contributed by atoms with E-state index in [9.17, 15) is 8.78 Å². The monoisotopic (exact) mass is 277 g/mol. The summed E-state index contributed by atoms with van der Waals surface area (Å²) in [6.45, 7) is 4.52. The van der Waals surface area contributed by atoms with Crippen LogP contribution in [0.2, 0.25) is 0 Å². The maximum atomic E-state index is 14.0. The summed E-state index contributed by atoms with van der Waals surface area (Å²) in [6.07, 6.45) is 2.54. The summed E-state index contributed by atoms with van der Waals surface area (Å²) in [5, 5.41) is 3.24. The molecule has 0 saturated carbocycles. The van der Waals surface area contributed by atoms with E-state index in [0.717, 1.165) is 12.5 Å². The molecule has 0 bridgehead atoms. The molecule has 0 aliphatic rings. The normalized spacial score (nSPS) is 12.4. The number of aryl methyl sites for hydroxylation is 1. The lowest BCUT2D eigenvalue weighted by atomic mass is 10.0. The number of benzene rings is 1. The zero-order chi connectivity index (χ0) is 14.5. The molecule has 2 rings (SSSR count). The molecule has 0 fully saturated rings. The van der Waals surface area contributed by atoms with E-state index in [1.807, 2.05) is 6.92 Å². The number of rotatable bonds is 5. The van der Waals surface area contributed by atoms with Crippen LogP contribution >= 0.6 is 0 Å². The van der Waals surface area contributed by atoms with E-state index in [1.54, 1.807) is 19.2 Å². The van der Waals surface area contributed by atoms with Crippen LogP contribution in [0.15, 0.2) is 30.5 Å². The van der Waals surface area contributed by atoms with Gasteiger partial charge in [0.1, 0.15) is 17.5 Å². The third kappa shape index (κ3) is 3.36. The second-order valence-corrected chi connectivity index (χ2v) is 4.58. The molecule has 106 valence electrons. The van der Waals surface area contributed by atoms with Gasteiger partial charge in [0.25, 0.3) is 0 Å². The number of nitrogens with one attached hydrogen (secondary N) is 1. The minimum absolute atomic E-state index is 0.387. The molecular formula is C15H17F2N3. The fraction of sp³-hybridized carbons (Fsp3) is 0.333. The molecule has 0 saturated heterocycles. The van der Waals surface area contributed by atoms with Crippen LogP contribution in [0.5, 0.6) is 0 Å². The highest BCUT2D eigenvalue weighted by Crippen LogP contribution is 2.23. The summed E-state index contributed by atoms with van der Waals surface area (Å²) in [5.41, 5.74) is 1.06. The van der Waals surface area contributed by atoms with Gasteiger partial charge in [0.05, 0.1) is 11.7 Å². The Bertz CT molecular complexity index is 587. The maximum absolute atomic E-state index is 14.0. The molecule has 1 aromatic carbocycles. The van der Waals surface area contributed by atoms with Crippen molar-refractivity contribution in [2.24, 2.45) is 0 Å². The van der Waals surface area contributed by atoms with Crippen LogP contribution in [0, 0.1) is 18.6 Å². The van der Waals surface area contributed by atoms with E-state index in [0.29, 0.717) is 23.6 Å². The highest BCUT2D eigenvalue weighted by molar-refractivity contribution is 5.29. The number of halogens is 2. The summed E-state index contributed by atoms with van der Waals surface area (Å²) < 4.78 is 27.0. The second kappa shape index (κ2) is 6.52. The summed E-state index contributed by atoms with van der Waals surface area (Å²) in [5.74, 6) is -0.539. The zero-order valence-corrected chi connectivity index (χ0v) is 11.5. The van der Waals surface area contributed by atoms with Gasteiger partial charge < -0.3 is 5.32 Å². The molecule has 1 aromatic heterocycles. The maximum Gasteiger partial charge on any atom is 0.131 e. The van der Waals surface area contributed by atoms with Gasteiger partial charge in [-0.2, -0.15) is 0 Å². The Labute approximate surface area is 117 Å². The number of nitrogens with zero attached hydrogens (tertiary/aromatic N) is 2. The molecule has 0 aliphatic heterocycles. The van der Waals surface area contributed by atoms with E-state index < -0.39 is 17.7 Å². The first-order chi connectivity index (χ1) is 9.61. The van der Waals surface area contributed by atoms with Crippen molar-refractivity contribution in [3.63, 3.8) is 0 Å². The van der Waals surface area contributed by atoms with Crippen LogP contribution in [0.4, 0.5) is 8.78 Å². The third-order valence-electron chi connectivity index (χ3n) is 2.97. The van der Waals surface area contributed by atoms with Crippen LogP contribution in [0.3, 0.4) is 0 Å². The summed E-state index contributed by atoms with van der Waals surface area (Å²) >= 11 is 0. The van der Waals surface area contributed by atoms with Crippen molar-refractivity contribution in [1.82, 2.24) is 15.3 Å². The van der Waals surface area contributed by atoms with Crippen LogP contribution in [-0.2, 0) is 0 Å². The van der Waals surface area contributed by atoms with Gasteiger partial charge in [-0.1, -0.05) is 13.0 Å². The van der Waals surface area contributed by atoms with Crippen molar-refractivity contribution >= 4 is 0 Å². The van der Waals surface area contributed by atoms with Gasteiger partial charge in [-0.3, -0.25) is 0 Å². The summed E-state index contributed by atoms with van der Waals surface area (Å²) in [6, 6.07) is 4.94. The minimum Gasteiger partial charge on any atom is -0.305 e. The number of hydrogen-bond donors (Lipinski definition) is 1. The average molecular weight is 277 g/mol. The molecule has 20 heavy (non-hydrogen) atoms. The fourth-order valence-electron chi connectivity index (χ4n) is 2.03. The average Bonchev–Trinajstić information content (AvgIpc) is 2.41. The molecule has 0 radical (unpaired) electrons. The number of hydrogen-bond acceptors (Lipinski definition) is 3. The Morgan fingerprint density at radius 1 is 1.25 bits per heavy atom. The van der Waals surface area contributed by atoms with Gasteiger partial charge in [0.2, 0.25) is 0 Å². The summed E-state index contributed by atoms with van der Waals surface area (Å²) in [7, 11) is 0. The van der Waals surface area contributed by atoms with E-state index in [1.165, 1.54) is 12.1 Å². The van der Waals surface area contributed by atoms with Gasteiger partial charge >= 0.3 is 0 Å². The molecule has 1 unspecified atom stereocenters. The lowest BCUT2D eigenvalue weighted by Gasteiger charge is -2.19. The van der Waals surface area contributed by atoms with Crippen molar-refractivity contribution in [2.75, 3.05) is 6.54 Å². The van der Waals surface area contributed by atoms with Crippen LogP contribution in [0.25, 0.3) is 0 Å². The lowest BCUT2D eigenvalue weighted by molar-refractivity contribution is 0.526. The van der Waals surface area contributed by atoms with Crippen molar-refractivity contribution in [3.05, 3.63) is 59.2 Å². The second-order valence-electron chi connectivity index (χ2n) is 4.58. The first-order valence-corrected chi connectivity index (χ1v) is 6.59. The van der Waals surface area contributed by atoms with E-state index in [-0.39, 0.29) is 0 Å². The Balaban J connectivity index is 2.41. The topological polar surface area (TPSA) is 37.8 Å². The largest absolute Gasteiger partial charge is 0.305 e. The lowest BCUT2D eigenvalue weighted by Crippen LogP contribution is -2.25. The number of aromatic nitrogens is 2. The molecular weight excluding hydrogens is 260 g/mol. The van der Waals surface area contributed by atoms with Crippen molar-refractivity contribution < 1.29 is 8.78 Å². The predicted octanol–water partition coefficient (Wildman–Crippen LogP) is 3.15. The standard InChI is InChI=1S/C15H17F2N3/c1-3-7-19-15(14-6-8-18-10(2)20-14)12-5-4-11(16)9-13(12)17/h4-6,8-9,15,19H,3,7H2,1-2H3. The SMILES string of the molecule is CCCNC(c1ccnc(C)n1)c1ccc(F)cc1F. The Hall–Kier alpha value is -1.88. The van der Waals surface area contributed by atoms with Gasteiger partial charge in [0.15, 0.2) is 0 Å². The molecule has 5 heteroatoms. The molecule has 0 aliphatic carbocycles.